The fourth-order valence-electron chi connectivity index (χ4n) is 3.76. The first-order valence-corrected chi connectivity index (χ1v) is 11.1. The summed E-state index contributed by atoms with van der Waals surface area (Å²) >= 11 is 0. The fraction of sp³-hybridized carbons (Fsp3) is 0.103. The first-order chi connectivity index (χ1) is 17.6. The van der Waals surface area contributed by atoms with Gasteiger partial charge in [0.2, 0.25) is 0 Å². The third-order valence-electron chi connectivity index (χ3n) is 5.72. The van der Waals surface area contributed by atoms with Crippen molar-refractivity contribution in [2.75, 3.05) is 0 Å². The summed E-state index contributed by atoms with van der Waals surface area (Å²) in [7, 11) is 0. The Morgan fingerprint density at radius 3 is 1.65 bits per heavy atom. The molecule has 8 heteroatoms. The van der Waals surface area contributed by atoms with Crippen LogP contribution in [0.1, 0.15) is 17.5 Å². The number of hydrogen-bond donors (Lipinski definition) is 0. The lowest BCUT2D eigenvalue weighted by atomic mass is 9.97. The van der Waals surface area contributed by atoms with Crippen molar-refractivity contribution in [1.29, 1.82) is 0 Å². The van der Waals surface area contributed by atoms with E-state index in [4.69, 9.17) is 0 Å². The second-order valence-corrected chi connectivity index (χ2v) is 8.21. The molecular weight excluding hydrogens is 497 g/mol. The van der Waals surface area contributed by atoms with Crippen molar-refractivity contribution < 1.29 is 35.5 Å². The lowest BCUT2D eigenvalue weighted by molar-refractivity contribution is -0.185. The minimum atomic E-state index is -4.05. The molecule has 0 N–H and O–H groups in total. The number of halogens is 7. The van der Waals surface area contributed by atoms with Gasteiger partial charge in [-0.05, 0) is 41.7 Å². The lowest BCUT2D eigenvalue weighted by Gasteiger charge is -2.19. The molecule has 0 fully saturated rings. The molecule has 0 saturated carbocycles. The van der Waals surface area contributed by atoms with Crippen molar-refractivity contribution in [3.8, 4) is 28.0 Å². The molecule has 0 radical (unpaired) electrons. The van der Waals surface area contributed by atoms with Gasteiger partial charge in [-0.2, -0.15) is 8.78 Å². The summed E-state index contributed by atoms with van der Waals surface area (Å²) in [6, 6.07) is 14.4. The van der Waals surface area contributed by atoms with Crippen molar-refractivity contribution in [2.24, 2.45) is 0 Å². The predicted octanol–water partition coefficient (Wildman–Crippen LogP) is 8.96. The van der Waals surface area contributed by atoms with Crippen molar-refractivity contribution in [1.82, 2.24) is 0 Å². The maximum absolute atomic E-state index is 14.9. The van der Waals surface area contributed by atoms with Gasteiger partial charge in [0.1, 0.15) is 5.75 Å². The van der Waals surface area contributed by atoms with E-state index in [0.717, 1.165) is 42.7 Å². The van der Waals surface area contributed by atoms with Crippen LogP contribution in [0, 0.1) is 29.1 Å². The second-order valence-electron chi connectivity index (χ2n) is 8.21. The van der Waals surface area contributed by atoms with Crippen LogP contribution in [0.15, 0.2) is 85.5 Å². The third-order valence-corrected chi connectivity index (χ3v) is 5.72. The summed E-state index contributed by atoms with van der Waals surface area (Å²) in [6.07, 6.45) is -0.703. The monoisotopic (exact) mass is 516 g/mol. The maximum atomic E-state index is 14.9. The van der Waals surface area contributed by atoms with Gasteiger partial charge in [0, 0.05) is 23.3 Å². The molecule has 0 bridgehead atoms. The number of aryl methyl sites for hydroxylation is 1. The van der Waals surface area contributed by atoms with E-state index in [2.05, 4.69) is 11.3 Å². The SMILES string of the molecule is C=CCCc1ccc(-c2ccc(-c3ccc(C(F)(F)Oc4cc(F)c(F)c(F)c4)cc3)c(F)c2F)cc1. The molecule has 0 unspecified atom stereocenters. The minimum absolute atomic E-state index is 0.0480. The highest BCUT2D eigenvalue weighted by molar-refractivity contribution is 5.72. The summed E-state index contributed by atoms with van der Waals surface area (Å²) in [4.78, 5) is 0. The van der Waals surface area contributed by atoms with Gasteiger partial charge < -0.3 is 4.74 Å². The molecule has 37 heavy (non-hydrogen) atoms. The van der Waals surface area contributed by atoms with Crippen LogP contribution in [0.25, 0.3) is 22.3 Å². The fourth-order valence-corrected chi connectivity index (χ4v) is 3.76. The number of rotatable bonds is 8. The molecular formula is C29H19F7O. The van der Waals surface area contributed by atoms with E-state index in [1.807, 2.05) is 12.1 Å². The zero-order chi connectivity index (χ0) is 26.7. The van der Waals surface area contributed by atoms with Gasteiger partial charge in [-0.15, -0.1) is 6.58 Å². The molecule has 4 aromatic rings. The minimum Gasteiger partial charge on any atom is -0.429 e. The first kappa shape index (κ1) is 26.0. The highest BCUT2D eigenvalue weighted by Crippen LogP contribution is 2.36. The topological polar surface area (TPSA) is 9.23 Å². The Morgan fingerprint density at radius 2 is 1.16 bits per heavy atom. The molecule has 0 aromatic heterocycles. The van der Waals surface area contributed by atoms with Crippen molar-refractivity contribution in [3.05, 3.63) is 126 Å². The maximum Gasteiger partial charge on any atom is 0.426 e. The molecule has 0 aliphatic rings. The number of alkyl halides is 2. The Morgan fingerprint density at radius 1 is 0.676 bits per heavy atom. The second kappa shape index (κ2) is 10.5. The number of benzene rings is 4. The normalized spacial score (nSPS) is 11.4. The first-order valence-electron chi connectivity index (χ1n) is 11.1. The van der Waals surface area contributed by atoms with Gasteiger partial charge in [-0.25, -0.2) is 22.0 Å². The van der Waals surface area contributed by atoms with E-state index in [0.29, 0.717) is 5.56 Å². The molecule has 0 spiro atoms. The molecule has 0 aliphatic carbocycles. The molecule has 190 valence electrons. The van der Waals surface area contributed by atoms with E-state index in [-0.39, 0.29) is 28.8 Å². The average Bonchev–Trinajstić information content (AvgIpc) is 2.88. The summed E-state index contributed by atoms with van der Waals surface area (Å²) in [5, 5.41) is 0. The zero-order valence-corrected chi connectivity index (χ0v) is 19.2. The molecule has 4 aromatic carbocycles. The Bertz CT molecular complexity index is 1410. The Balaban J connectivity index is 1.56. The van der Waals surface area contributed by atoms with Crippen molar-refractivity contribution in [2.45, 2.75) is 19.0 Å². The summed E-state index contributed by atoms with van der Waals surface area (Å²) < 4.78 is 103. The molecule has 0 amide bonds. The van der Waals surface area contributed by atoms with Gasteiger partial charge >= 0.3 is 6.11 Å². The van der Waals surface area contributed by atoms with Gasteiger partial charge in [0.15, 0.2) is 29.1 Å². The molecule has 1 nitrogen and oxygen atoms in total. The predicted molar refractivity (Wildman–Crippen MR) is 127 cm³/mol. The van der Waals surface area contributed by atoms with Crippen LogP contribution in [-0.4, -0.2) is 0 Å². The van der Waals surface area contributed by atoms with Crippen LogP contribution in [-0.2, 0) is 12.5 Å². The van der Waals surface area contributed by atoms with Crippen LogP contribution in [0.2, 0.25) is 0 Å². The van der Waals surface area contributed by atoms with Gasteiger partial charge in [-0.3, -0.25) is 0 Å². The molecule has 0 heterocycles. The Hall–Kier alpha value is -4.07. The van der Waals surface area contributed by atoms with E-state index in [1.54, 1.807) is 18.2 Å². The highest BCUT2D eigenvalue weighted by atomic mass is 19.3. The summed E-state index contributed by atoms with van der Waals surface area (Å²) in [6.45, 7) is 3.67. The zero-order valence-electron chi connectivity index (χ0n) is 19.2. The number of hydrogen-bond acceptors (Lipinski definition) is 1. The molecule has 0 atom stereocenters. The van der Waals surface area contributed by atoms with E-state index in [9.17, 15) is 30.7 Å². The number of allylic oxidation sites excluding steroid dienone is 1. The van der Waals surface area contributed by atoms with Gasteiger partial charge in [0.05, 0.1) is 5.56 Å². The molecule has 4 rings (SSSR count). The standard InChI is InChI=1S/C29H19F7O/c1-2-3-4-17-5-7-18(8-6-17)22-13-14-23(27(33)26(22)32)19-9-11-20(12-10-19)29(35,36)37-21-15-24(30)28(34)25(31)16-21/h2,5-16H,1,3-4H2. The number of ether oxygens (including phenoxy) is 1. The van der Waals surface area contributed by atoms with Crippen molar-refractivity contribution in [3.63, 3.8) is 0 Å². The summed E-state index contributed by atoms with van der Waals surface area (Å²) in [5.74, 6) is -8.36. The van der Waals surface area contributed by atoms with E-state index >= 15 is 0 Å². The van der Waals surface area contributed by atoms with Crippen LogP contribution in [0.4, 0.5) is 30.7 Å². The Kier molecular flexibility index (Phi) is 7.38. The van der Waals surface area contributed by atoms with Crippen LogP contribution >= 0.6 is 0 Å². The quantitative estimate of drug-likeness (QED) is 0.129. The van der Waals surface area contributed by atoms with Crippen molar-refractivity contribution >= 4 is 0 Å². The third kappa shape index (κ3) is 5.53. The summed E-state index contributed by atoms with van der Waals surface area (Å²) in [5.41, 5.74) is 0.786. The average molecular weight is 516 g/mol. The van der Waals surface area contributed by atoms with E-state index < -0.39 is 46.5 Å². The highest BCUT2D eigenvalue weighted by Gasteiger charge is 2.35. The Labute approximate surface area is 208 Å². The van der Waals surface area contributed by atoms with Crippen LogP contribution < -0.4 is 4.74 Å². The molecule has 0 aliphatic heterocycles. The molecule has 0 saturated heterocycles. The van der Waals surface area contributed by atoms with Gasteiger partial charge in [-0.1, -0.05) is 54.6 Å². The van der Waals surface area contributed by atoms with Crippen LogP contribution in [0.5, 0.6) is 5.75 Å². The van der Waals surface area contributed by atoms with E-state index in [1.165, 1.54) is 12.1 Å². The smallest absolute Gasteiger partial charge is 0.426 e. The van der Waals surface area contributed by atoms with Gasteiger partial charge in [0.25, 0.3) is 0 Å². The lowest BCUT2D eigenvalue weighted by Crippen LogP contribution is -2.22. The van der Waals surface area contributed by atoms with Crippen LogP contribution in [0.3, 0.4) is 0 Å². The largest absolute Gasteiger partial charge is 0.429 e.